The molecule has 3 aromatic rings. The molecule has 0 unspecified atom stereocenters. The fraction of sp³-hybridized carbons (Fsp3) is 0.200. The van der Waals surface area contributed by atoms with E-state index in [1.807, 2.05) is 23.9 Å². The first-order valence-electron chi connectivity index (χ1n) is 8.08. The molecule has 1 heterocycles. The lowest BCUT2D eigenvalue weighted by molar-refractivity contribution is -0.667. The first kappa shape index (κ1) is 19.8. The fourth-order valence-electron chi connectivity index (χ4n) is 2.79. The maximum atomic E-state index is 13.0. The molecule has 2 N–H and O–H groups in total. The summed E-state index contributed by atoms with van der Waals surface area (Å²) < 4.78 is 16.6. The number of aromatic nitrogens is 2. The van der Waals surface area contributed by atoms with Crippen LogP contribution in [0.2, 0.25) is 0 Å². The molecule has 0 aliphatic rings. The van der Waals surface area contributed by atoms with Gasteiger partial charge in [-0.15, -0.1) is 0 Å². The van der Waals surface area contributed by atoms with Crippen LogP contribution in [0.25, 0.3) is 11.3 Å². The molecule has 0 bridgehead atoms. The van der Waals surface area contributed by atoms with Crippen LogP contribution >= 0.6 is 0 Å². The largest absolute Gasteiger partial charge is 1.00 e. The lowest BCUT2D eigenvalue weighted by Crippen LogP contribution is -3.00. The van der Waals surface area contributed by atoms with Crippen LogP contribution in [0.1, 0.15) is 21.5 Å². The molecule has 6 heteroatoms. The SMILES string of the molecule is Cc1ccc(-c2c[n+](CC(=O)c3ccc(F)cc3)c(N)n2C)cc1C.[Br-]. The second-order valence-electron chi connectivity index (χ2n) is 6.29. The Morgan fingerprint density at radius 3 is 2.38 bits per heavy atom. The monoisotopic (exact) mass is 417 g/mol. The van der Waals surface area contributed by atoms with Gasteiger partial charge in [0.25, 0.3) is 0 Å². The number of nitrogens with zero attached hydrogens (tertiary/aromatic N) is 2. The van der Waals surface area contributed by atoms with Gasteiger partial charge in [-0.05, 0) is 55.3 Å². The molecule has 0 spiro atoms. The van der Waals surface area contributed by atoms with E-state index in [9.17, 15) is 9.18 Å². The molecule has 3 rings (SSSR count). The molecular formula is C20H21BrFN3O. The molecule has 0 aliphatic heterocycles. The third-order valence-corrected chi connectivity index (χ3v) is 4.56. The molecule has 0 saturated carbocycles. The van der Waals surface area contributed by atoms with Crippen molar-refractivity contribution in [2.45, 2.75) is 20.4 Å². The summed E-state index contributed by atoms with van der Waals surface area (Å²) in [5, 5.41) is 0. The number of anilines is 1. The van der Waals surface area contributed by atoms with Gasteiger partial charge in [-0.25, -0.2) is 13.5 Å². The van der Waals surface area contributed by atoms with Crippen LogP contribution in [0.15, 0.2) is 48.7 Å². The van der Waals surface area contributed by atoms with E-state index < -0.39 is 0 Å². The Morgan fingerprint density at radius 1 is 1.12 bits per heavy atom. The number of nitrogens with two attached hydrogens (primary N) is 1. The highest BCUT2D eigenvalue weighted by Crippen LogP contribution is 2.22. The van der Waals surface area contributed by atoms with Crippen molar-refractivity contribution < 1.29 is 30.7 Å². The minimum Gasteiger partial charge on any atom is -1.00 e. The summed E-state index contributed by atoms with van der Waals surface area (Å²) in [5.41, 5.74) is 11.0. The number of nitrogen functional groups attached to an aromatic ring is 1. The fourth-order valence-corrected chi connectivity index (χ4v) is 2.79. The first-order valence-corrected chi connectivity index (χ1v) is 8.08. The maximum absolute atomic E-state index is 13.0. The van der Waals surface area contributed by atoms with E-state index >= 15 is 0 Å². The number of rotatable bonds is 4. The van der Waals surface area contributed by atoms with Gasteiger partial charge in [-0.2, -0.15) is 0 Å². The summed E-state index contributed by atoms with van der Waals surface area (Å²) in [5.74, 6) is 0.0121. The van der Waals surface area contributed by atoms with Crippen molar-refractivity contribution in [1.82, 2.24) is 4.57 Å². The highest BCUT2D eigenvalue weighted by Gasteiger charge is 2.20. The molecule has 26 heavy (non-hydrogen) atoms. The van der Waals surface area contributed by atoms with Crippen LogP contribution in [0.3, 0.4) is 0 Å². The number of ketones is 1. The third-order valence-electron chi connectivity index (χ3n) is 4.56. The van der Waals surface area contributed by atoms with E-state index in [2.05, 4.69) is 26.0 Å². The lowest BCUT2D eigenvalue weighted by Gasteiger charge is -2.03. The Bertz CT molecular complexity index is 948. The summed E-state index contributed by atoms with van der Waals surface area (Å²) in [4.78, 5) is 12.4. The van der Waals surface area contributed by atoms with E-state index in [0.717, 1.165) is 11.3 Å². The topological polar surface area (TPSA) is 51.9 Å². The molecule has 0 saturated heterocycles. The molecule has 136 valence electrons. The van der Waals surface area contributed by atoms with Gasteiger partial charge in [0.1, 0.15) is 24.3 Å². The number of imidazole rings is 1. The van der Waals surface area contributed by atoms with Crippen molar-refractivity contribution in [2.24, 2.45) is 7.05 Å². The van der Waals surface area contributed by atoms with Crippen LogP contribution in [-0.4, -0.2) is 10.4 Å². The number of aryl methyl sites for hydroxylation is 2. The molecular weight excluding hydrogens is 397 g/mol. The standard InChI is InChI=1S/C20H20FN3O.BrH/c1-13-4-5-16(10-14(13)2)18-11-24(20(22)23(18)3)12-19(25)15-6-8-17(21)9-7-15;/h4-11,22H,12H2,1-3H3;1H. The zero-order valence-corrected chi connectivity index (χ0v) is 16.5. The van der Waals surface area contributed by atoms with Crippen LogP contribution < -0.4 is 27.3 Å². The molecule has 0 aliphatic carbocycles. The van der Waals surface area contributed by atoms with Crippen LogP contribution in [0.5, 0.6) is 0 Å². The van der Waals surface area contributed by atoms with Crippen molar-refractivity contribution >= 4 is 11.7 Å². The van der Waals surface area contributed by atoms with Gasteiger partial charge < -0.3 is 17.0 Å². The maximum Gasteiger partial charge on any atom is 0.355 e. The van der Waals surface area contributed by atoms with Crippen LogP contribution in [0, 0.1) is 19.7 Å². The summed E-state index contributed by atoms with van der Waals surface area (Å²) in [6.07, 6.45) is 1.88. The van der Waals surface area contributed by atoms with E-state index in [4.69, 9.17) is 5.73 Å². The summed E-state index contributed by atoms with van der Waals surface area (Å²) >= 11 is 0. The first-order chi connectivity index (χ1) is 11.9. The van der Waals surface area contributed by atoms with Crippen molar-refractivity contribution in [3.8, 4) is 11.3 Å². The van der Waals surface area contributed by atoms with Gasteiger partial charge >= 0.3 is 5.95 Å². The second kappa shape index (κ2) is 7.83. The van der Waals surface area contributed by atoms with Gasteiger partial charge in [0, 0.05) is 11.1 Å². The van der Waals surface area contributed by atoms with Gasteiger partial charge in [-0.3, -0.25) is 10.5 Å². The normalized spacial score (nSPS) is 10.5. The van der Waals surface area contributed by atoms with Gasteiger partial charge in [0.2, 0.25) is 0 Å². The van der Waals surface area contributed by atoms with E-state index in [1.54, 1.807) is 4.57 Å². The number of hydrogen-bond donors (Lipinski definition) is 1. The van der Waals surface area contributed by atoms with Gasteiger partial charge in [0.15, 0.2) is 5.78 Å². The quantitative estimate of drug-likeness (QED) is 0.487. The second-order valence-corrected chi connectivity index (χ2v) is 6.29. The molecule has 0 fully saturated rings. The average molecular weight is 418 g/mol. The lowest BCUT2D eigenvalue weighted by atomic mass is 10.0. The highest BCUT2D eigenvalue weighted by molar-refractivity contribution is 5.95. The average Bonchev–Trinajstić information content (AvgIpc) is 2.86. The van der Waals surface area contributed by atoms with E-state index in [-0.39, 0.29) is 35.1 Å². The number of hydrogen-bond acceptors (Lipinski definition) is 2. The van der Waals surface area contributed by atoms with Crippen molar-refractivity contribution in [1.29, 1.82) is 0 Å². The van der Waals surface area contributed by atoms with Crippen molar-refractivity contribution in [3.05, 3.63) is 71.2 Å². The summed E-state index contributed by atoms with van der Waals surface area (Å²) in [6.45, 7) is 4.24. The Hall–Kier alpha value is -2.47. The Morgan fingerprint density at radius 2 is 1.77 bits per heavy atom. The van der Waals surface area contributed by atoms with Gasteiger partial charge in [0.05, 0.1) is 7.05 Å². The highest BCUT2D eigenvalue weighted by atomic mass is 79.9. The number of carbonyl (C=O) groups excluding carboxylic acids is 1. The molecule has 0 amide bonds. The zero-order valence-electron chi connectivity index (χ0n) is 15.0. The number of benzene rings is 2. The Kier molecular flexibility index (Phi) is 5.97. The Balaban J connectivity index is 0.00000243. The number of halogens is 2. The van der Waals surface area contributed by atoms with Crippen molar-refractivity contribution in [2.75, 3.05) is 5.73 Å². The molecule has 2 aromatic carbocycles. The molecule has 0 radical (unpaired) electrons. The zero-order chi connectivity index (χ0) is 18.1. The van der Waals surface area contributed by atoms with Crippen LogP contribution in [0.4, 0.5) is 10.3 Å². The minimum atomic E-state index is -0.361. The third kappa shape index (κ3) is 3.85. The number of carbonyl (C=O) groups is 1. The minimum absolute atomic E-state index is 0. The molecule has 1 aromatic heterocycles. The Labute approximate surface area is 162 Å². The predicted molar refractivity (Wildman–Crippen MR) is 95.7 cm³/mol. The van der Waals surface area contributed by atoms with E-state index in [1.165, 1.54) is 35.4 Å². The predicted octanol–water partition coefficient (Wildman–Crippen LogP) is 0.205. The van der Waals surface area contributed by atoms with E-state index in [0.29, 0.717) is 11.5 Å². The molecule has 4 nitrogen and oxygen atoms in total. The smallest absolute Gasteiger partial charge is 0.355 e. The van der Waals surface area contributed by atoms with Crippen LogP contribution in [-0.2, 0) is 13.6 Å². The van der Waals surface area contributed by atoms with Crippen molar-refractivity contribution in [3.63, 3.8) is 0 Å². The molecule has 0 atom stereocenters. The van der Waals surface area contributed by atoms with Gasteiger partial charge in [-0.1, -0.05) is 12.1 Å². The summed E-state index contributed by atoms with van der Waals surface area (Å²) in [7, 11) is 1.87. The number of Topliss-reactive ketones (excluding diaryl/α,β-unsaturated/α-hetero) is 1. The summed E-state index contributed by atoms with van der Waals surface area (Å²) in [6, 6.07) is 11.8.